The van der Waals surface area contributed by atoms with Gasteiger partial charge in [-0.2, -0.15) is 5.10 Å². The third-order valence-corrected chi connectivity index (χ3v) is 3.07. The van der Waals surface area contributed by atoms with Gasteiger partial charge in [0.05, 0.1) is 12.8 Å². The number of fused-ring (bicyclic) bond motifs is 1. The smallest absolute Gasteiger partial charge is 0.122 e. The lowest BCUT2D eigenvalue weighted by molar-refractivity contribution is 0.220. The number of aliphatic hydroxyl groups is 1. The Kier molecular flexibility index (Phi) is 2.37. The molecule has 2 aromatic rings. The van der Waals surface area contributed by atoms with Gasteiger partial charge in [0.25, 0.3) is 0 Å². The Bertz CT molecular complexity index is 548. The molecule has 4 heteroatoms. The molecule has 4 nitrogen and oxygen atoms in total. The molecule has 0 amide bonds. The summed E-state index contributed by atoms with van der Waals surface area (Å²) in [4.78, 5) is 0. The third kappa shape index (κ3) is 1.80. The predicted molar refractivity (Wildman–Crippen MR) is 62.9 cm³/mol. The van der Waals surface area contributed by atoms with Gasteiger partial charge in [0.2, 0.25) is 0 Å². The fraction of sp³-hybridized carbons (Fsp3) is 0.308. The molecule has 0 bridgehead atoms. The number of rotatable bonds is 2. The highest BCUT2D eigenvalue weighted by Gasteiger charge is 2.17. The van der Waals surface area contributed by atoms with Gasteiger partial charge in [-0.15, -0.1) is 0 Å². The van der Waals surface area contributed by atoms with E-state index in [1.165, 1.54) is 5.56 Å². The van der Waals surface area contributed by atoms with Crippen LogP contribution in [0.15, 0.2) is 30.6 Å². The van der Waals surface area contributed by atoms with Crippen LogP contribution >= 0.6 is 0 Å². The van der Waals surface area contributed by atoms with Crippen molar-refractivity contribution in [2.24, 2.45) is 7.05 Å². The zero-order chi connectivity index (χ0) is 11.8. The zero-order valence-corrected chi connectivity index (χ0v) is 9.63. The van der Waals surface area contributed by atoms with Crippen LogP contribution in [0.2, 0.25) is 0 Å². The Balaban J connectivity index is 1.94. The standard InChI is InChI=1S/C13H14N2O2/c1-15-8-11(7-14-15)13(16)10-2-3-12-9(6-10)4-5-17-12/h2-3,6-8,13,16H,4-5H2,1H3. The summed E-state index contributed by atoms with van der Waals surface area (Å²) in [6.45, 7) is 0.738. The second-order valence-corrected chi connectivity index (χ2v) is 4.32. The molecule has 17 heavy (non-hydrogen) atoms. The second-order valence-electron chi connectivity index (χ2n) is 4.32. The first-order valence-corrected chi connectivity index (χ1v) is 5.66. The topological polar surface area (TPSA) is 47.3 Å². The van der Waals surface area contributed by atoms with Crippen molar-refractivity contribution in [1.82, 2.24) is 9.78 Å². The molecule has 1 N–H and O–H groups in total. The number of ether oxygens (including phenoxy) is 1. The van der Waals surface area contributed by atoms with E-state index in [1.54, 1.807) is 10.9 Å². The van der Waals surface area contributed by atoms with Gasteiger partial charge in [-0.25, -0.2) is 0 Å². The molecule has 1 atom stereocenters. The fourth-order valence-corrected chi connectivity index (χ4v) is 2.15. The van der Waals surface area contributed by atoms with Gasteiger partial charge in [-0.05, 0) is 23.3 Å². The number of hydrogen-bond donors (Lipinski definition) is 1. The lowest BCUT2D eigenvalue weighted by atomic mass is 10.0. The van der Waals surface area contributed by atoms with E-state index in [-0.39, 0.29) is 0 Å². The molecule has 1 aromatic carbocycles. The van der Waals surface area contributed by atoms with Gasteiger partial charge in [-0.1, -0.05) is 6.07 Å². The van der Waals surface area contributed by atoms with Crippen LogP contribution < -0.4 is 4.74 Å². The van der Waals surface area contributed by atoms with Crippen LogP contribution in [0, 0.1) is 0 Å². The van der Waals surface area contributed by atoms with Crippen LogP contribution in [0.25, 0.3) is 0 Å². The quantitative estimate of drug-likeness (QED) is 0.849. The minimum absolute atomic E-state index is 0.616. The number of aromatic nitrogens is 2. The maximum absolute atomic E-state index is 10.2. The van der Waals surface area contributed by atoms with Crippen LogP contribution in [-0.4, -0.2) is 21.5 Å². The molecule has 1 aliphatic heterocycles. The average molecular weight is 230 g/mol. The molecular weight excluding hydrogens is 216 g/mol. The van der Waals surface area contributed by atoms with Gasteiger partial charge in [0.15, 0.2) is 0 Å². The first-order chi connectivity index (χ1) is 8.24. The third-order valence-electron chi connectivity index (χ3n) is 3.07. The summed E-state index contributed by atoms with van der Waals surface area (Å²) >= 11 is 0. The van der Waals surface area contributed by atoms with Crippen molar-refractivity contribution in [2.45, 2.75) is 12.5 Å². The predicted octanol–water partition coefficient (Wildman–Crippen LogP) is 1.44. The lowest BCUT2D eigenvalue weighted by Crippen LogP contribution is -1.99. The monoisotopic (exact) mass is 230 g/mol. The van der Waals surface area contributed by atoms with Gasteiger partial charge in [-0.3, -0.25) is 4.68 Å². The SMILES string of the molecule is Cn1cc(C(O)c2ccc3c(c2)CCO3)cn1. The van der Waals surface area contributed by atoms with Gasteiger partial charge in [0, 0.05) is 25.2 Å². The fourth-order valence-electron chi connectivity index (χ4n) is 2.15. The maximum atomic E-state index is 10.2. The van der Waals surface area contributed by atoms with E-state index < -0.39 is 6.10 Å². The number of nitrogens with zero attached hydrogens (tertiary/aromatic N) is 2. The summed E-state index contributed by atoms with van der Waals surface area (Å²) in [7, 11) is 1.84. The van der Waals surface area contributed by atoms with E-state index in [1.807, 2.05) is 31.4 Å². The molecule has 3 rings (SSSR count). The maximum Gasteiger partial charge on any atom is 0.122 e. The first kappa shape index (κ1) is 10.4. The Hall–Kier alpha value is -1.81. The van der Waals surface area contributed by atoms with Crippen molar-refractivity contribution in [1.29, 1.82) is 0 Å². The Morgan fingerprint density at radius 1 is 1.41 bits per heavy atom. The van der Waals surface area contributed by atoms with Crippen molar-refractivity contribution in [2.75, 3.05) is 6.61 Å². The van der Waals surface area contributed by atoms with E-state index in [0.29, 0.717) is 0 Å². The molecule has 88 valence electrons. The second kappa shape index (κ2) is 3.89. The Morgan fingerprint density at radius 2 is 2.29 bits per heavy atom. The van der Waals surface area contributed by atoms with Crippen molar-refractivity contribution >= 4 is 0 Å². The Morgan fingerprint density at radius 3 is 3.06 bits per heavy atom. The highest BCUT2D eigenvalue weighted by atomic mass is 16.5. The molecule has 1 aliphatic rings. The molecule has 1 aromatic heterocycles. The van der Waals surface area contributed by atoms with Crippen molar-refractivity contribution in [3.05, 3.63) is 47.3 Å². The average Bonchev–Trinajstić information content (AvgIpc) is 2.95. The highest BCUT2D eigenvalue weighted by molar-refractivity contribution is 5.42. The summed E-state index contributed by atoms with van der Waals surface area (Å²) in [6.07, 6.45) is 3.82. The van der Waals surface area contributed by atoms with E-state index in [0.717, 1.165) is 29.9 Å². The summed E-state index contributed by atoms with van der Waals surface area (Å²) in [5.74, 6) is 0.937. The molecule has 0 radical (unpaired) electrons. The summed E-state index contributed by atoms with van der Waals surface area (Å²) in [6, 6.07) is 5.85. The normalized spacial score (nSPS) is 15.4. The van der Waals surface area contributed by atoms with Crippen LogP contribution in [-0.2, 0) is 13.5 Å². The molecule has 2 heterocycles. The van der Waals surface area contributed by atoms with Crippen LogP contribution in [0.4, 0.5) is 0 Å². The molecule has 0 saturated carbocycles. The van der Waals surface area contributed by atoms with Crippen molar-refractivity contribution in [3.8, 4) is 5.75 Å². The minimum atomic E-state index is -0.616. The first-order valence-electron chi connectivity index (χ1n) is 5.66. The van der Waals surface area contributed by atoms with E-state index in [4.69, 9.17) is 4.74 Å². The minimum Gasteiger partial charge on any atom is -0.493 e. The van der Waals surface area contributed by atoms with Crippen LogP contribution in [0.3, 0.4) is 0 Å². The molecular formula is C13H14N2O2. The number of hydrogen-bond acceptors (Lipinski definition) is 3. The van der Waals surface area contributed by atoms with Crippen LogP contribution in [0.1, 0.15) is 22.8 Å². The largest absolute Gasteiger partial charge is 0.493 e. The molecule has 0 fully saturated rings. The summed E-state index contributed by atoms with van der Waals surface area (Å²) in [5.41, 5.74) is 2.87. The Labute approximate surface area is 99.5 Å². The van der Waals surface area contributed by atoms with Crippen molar-refractivity contribution < 1.29 is 9.84 Å². The summed E-state index contributed by atoms with van der Waals surface area (Å²) < 4.78 is 7.13. The van der Waals surface area contributed by atoms with Gasteiger partial charge in [0.1, 0.15) is 11.9 Å². The lowest BCUT2D eigenvalue weighted by Gasteiger charge is -2.10. The van der Waals surface area contributed by atoms with E-state index in [2.05, 4.69) is 5.10 Å². The molecule has 0 saturated heterocycles. The van der Waals surface area contributed by atoms with E-state index >= 15 is 0 Å². The molecule has 0 aliphatic carbocycles. The van der Waals surface area contributed by atoms with Crippen molar-refractivity contribution in [3.63, 3.8) is 0 Å². The van der Waals surface area contributed by atoms with E-state index in [9.17, 15) is 5.11 Å². The molecule has 1 unspecified atom stereocenters. The number of aryl methyl sites for hydroxylation is 1. The zero-order valence-electron chi connectivity index (χ0n) is 9.63. The number of benzene rings is 1. The van der Waals surface area contributed by atoms with Crippen LogP contribution in [0.5, 0.6) is 5.75 Å². The molecule has 0 spiro atoms. The number of aliphatic hydroxyl groups excluding tert-OH is 1. The highest BCUT2D eigenvalue weighted by Crippen LogP contribution is 2.30. The van der Waals surface area contributed by atoms with Gasteiger partial charge >= 0.3 is 0 Å². The van der Waals surface area contributed by atoms with Gasteiger partial charge < -0.3 is 9.84 Å². The summed E-state index contributed by atoms with van der Waals surface area (Å²) in [5, 5.41) is 14.3.